The summed E-state index contributed by atoms with van der Waals surface area (Å²) in [6.45, 7) is 3.48. The zero-order valence-electron chi connectivity index (χ0n) is 17.4. The van der Waals surface area contributed by atoms with Gasteiger partial charge in [-0.2, -0.15) is 0 Å². The maximum absolute atomic E-state index is 13.9. The molecule has 1 aromatic carbocycles. The maximum atomic E-state index is 13.9. The smallest absolute Gasteiger partial charge is 0.256 e. The lowest BCUT2D eigenvalue weighted by Gasteiger charge is -2.35. The number of anilines is 1. The van der Waals surface area contributed by atoms with E-state index in [1.54, 1.807) is 28.1 Å². The number of nitrogens with zero attached hydrogens (tertiary/aromatic N) is 3. The molecular formula is C23H25FN4O3. The molecule has 31 heavy (non-hydrogen) atoms. The lowest BCUT2D eigenvalue weighted by Crippen LogP contribution is -2.51. The topological polar surface area (TPSA) is 82.6 Å². The SMILES string of the molecule is CC1CC1C(=O)Nc1ccc(F)cc1C(=O)N1CCN(C(=O)Cc2ccccn2)CC1. The molecule has 0 radical (unpaired) electrons. The molecule has 0 bridgehead atoms. The van der Waals surface area contributed by atoms with Crippen molar-refractivity contribution in [2.24, 2.45) is 11.8 Å². The van der Waals surface area contributed by atoms with E-state index >= 15 is 0 Å². The third kappa shape index (κ3) is 4.90. The molecule has 2 heterocycles. The van der Waals surface area contributed by atoms with Crippen LogP contribution in [0.25, 0.3) is 0 Å². The van der Waals surface area contributed by atoms with Crippen LogP contribution < -0.4 is 5.32 Å². The minimum Gasteiger partial charge on any atom is -0.339 e. The summed E-state index contributed by atoms with van der Waals surface area (Å²) in [7, 11) is 0. The van der Waals surface area contributed by atoms with Crippen molar-refractivity contribution in [1.82, 2.24) is 14.8 Å². The van der Waals surface area contributed by atoms with Crippen LogP contribution in [0, 0.1) is 17.7 Å². The van der Waals surface area contributed by atoms with Crippen LogP contribution in [0.4, 0.5) is 10.1 Å². The summed E-state index contributed by atoms with van der Waals surface area (Å²) in [5, 5.41) is 2.78. The van der Waals surface area contributed by atoms with E-state index in [1.807, 2.05) is 13.0 Å². The fourth-order valence-corrected chi connectivity index (χ4v) is 3.81. The van der Waals surface area contributed by atoms with E-state index in [4.69, 9.17) is 0 Å². The van der Waals surface area contributed by atoms with Gasteiger partial charge in [-0.3, -0.25) is 19.4 Å². The average molecular weight is 424 g/mol. The van der Waals surface area contributed by atoms with Crippen molar-refractivity contribution in [1.29, 1.82) is 0 Å². The van der Waals surface area contributed by atoms with Gasteiger partial charge < -0.3 is 15.1 Å². The number of carbonyl (C=O) groups is 3. The van der Waals surface area contributed by atoms with Crippen LogP contribution in [-0.4, -0.2) is 58.7 Å². The van der Waals surface area contributed by atoms with Gasteiger partial charge in [0.15, 0.2) is 0 Å². The van der Waals surface area contributed by atoms with Gasteiger partial charge in [0, 0.05) is 44.0 Å². The highest BCUT2D eigenvalue weighted by Gasteiger charge is 2.39. The Hall–Kier alpha value is -3.29. The Morgan fingerprint density at radius 1 is 1.10 bits per heavy atom. The summed E-state index contributed by atoms with van der Waals surface area (Å²) in [6.07, 6.45) is 2.69. The van der Waals surface area contributed by atoms with E-state index in [1.165, 1.54) is 12.1 Å². The number of rotatable bonds is 5. The number of nitrogens with one attached hydrogen (secondary N) is 1. The lowest BCUT2D eigenvalue weighted by molar-refractivity contribution is -0.132. The second kappa shape index (κ2) is 8.83. The normalized spacial score (nSPS) is 20.3. The van der Waals surface area contributed by atoms with Gasteiger partial charge in [0.2, 0.25) is 11.8 Å². The van der Waals surface area contributed by atoms with E-state index in [0.717, 1.165) is 12.5 Å². The molecule has 1 saturated carbocycles. The number of pyridine rings is 1. The van der Waals surface area contributed by atoms with Gasteiger partial charge >= 0.3 is 0 Å². The molecule has 7 nitrogen and oxygen atoms in total. The van der Waals surface area contributed by atoms with Crippen LogP contribution in [0.5, 0.6) is 0 Å². The molecule has 1 aliphatic heterocycles. The zero-order chi connectivity index (χ0) is 22.0. The largest absolute Gasteiger partial charge is 0.339 e. The fourth-order valence-electron chi connectivity index (χ4n) is 3.81. The van der Waals surface area contributed by atoms with Crippen LogP contribution in [0.3, 0.4) is 0 Å². The lowest BCUT2D eigenvalue weighted by atomic mass is 10.1. The van der Waals surface area contributed by atoms with Crippen LogP contribution >= 0.6 is 0 Å². The van der Waals surface area contributed by atoms with Crippen molar-refractivity contribution in [2.75, 3.05) is 31.5 Å². The first kappa shape index (κ1) is 21.0. The molecule has 2 atom stereocenters. The summed E-state index contributed by atoms with van der Waals surface area (Å²) in [4.78, 5) is 45.4. The Morgan fingerprint density at radius 3 is 2.45 bits per heavy atom. The molecule has 1 aliphatic carbocycles. The van der Waals surface area contributed by atoms with Crippen LogP contribution in [0.1, 0.15) is 29.4 Å². The Balaban J connectivity index is 1.38. The summed E-state index contributed by atoms with van der Waals surface area (Å²) in [5.74, 6) is -0.792. The second-order valence-corrected chi connectivity index (χ2v) is 8.17. The molecule has 2 unspecified atom stereocenters. The fraction of sp³-hybridized carbons (Fsp3) is 0.391. The highest BCUT2D eigenvalue weighted by Crippen LogP contribution is 2.38. The Morgan fingerprint density at radius 2 is 1.81 bits per heavy atom. The van der Waals surface area contributed by atoms with E-state index in [9.17, 15) is 18.8 Å². The summed E-state index contributed by atoms with van der Waals surface area (Å²) in [6, 6.07) is 9.27. The highest BCUT2D eigenvalue weighted by atomic mass is 19.1. The second-order valence-electron chi connectivity index (χ2n) is 8.17. The van der Waals surface area contributed by atoms with Crippen molar-refractivity contribution in [3.63, 3.8) is 0 Å². The predicted octanol–water partition coefficient (Wildman–Crippen LogP) is 2.34. The van der Waals surface area contributed by atoms with Gasteiger partial charge in [-0.15, -0.1) is 0 Å². The van der Waals surface area contributed by atoms with Gasteiger partial charge in [0.05, 0.1) is 17.7 Å². The number of hydrogen-bond acceptors (Lipinski definition) is 4. The Kier molecular flexibility index (Phi) is 5.97. The van der Waals surface area contributed by atoms with Gasteiger partial charge in [-0.05, 0) is 42.7 Å². The van der Waals surface area contributed by atoms with Crippen molar-refractivity contribution in [3.8, 4) is 0 Å². The van der Waals surface area contributed by atoms with E-state index < -0.39 is 5.82 Å². The number of amides is 3. The van der Waals surface area contributed by atoms with Crippen LogP contribution in [0.2, 0.25) is 0 Å². The molecule has 2 fully saturated rings. The average Bonchev–Trinajstić information content (AvgIpc) is 3.52. The standard InChI is InChI=1S/C23H25FN4O3/c1-15-12-18(15)22(30)26-20-6-5-16(24)13-19(20)23(31)28-10-8-27(9-11-28)21(29)14-17-4-2-3-7-25-17/h2-7,13,15,18H,8-12,14H2,1H3,(H,26,30). The molecule has 1 N–H and O–H groups in total. The molecule has 4 rings (SSSR count). The van der Waals surface area contributed by atoms with E-state index in [0.29, 0.717) is 43.5 Å². The molecule has 8 heteroatoms. The van der Waals surface area contributed by atoms with Crippen molar-refractivity contribution in [3.05, 3.63) is 59.7 Å². The number of halogens is 1. The van der Waals surface area contributed by atoms with Gasteiger partial charge in [-0.25, -0.2) is 4.39 Å². The van der Waals surface area contributed by atoms with E-state index in [-0.39, 0.29) is 35.6 Å². The maximum Gasteiger partial charge on any atom is 0.256 e. The van der Waals surface area contributed by atoms with Gasteiger partial charge in [0.1, 0.15) is 5.82 Å². The van der Waals surface area contributed by atoms with Crippen molar-refractivity contribution < 1.29 is 18.8 Å². The molecule has 2 aromatic rings. The monoisotopic (exact) mass is 424 g/mol. The number of aromatic nitrogens is 1. The summed E-state index contributed by atoms with van der Waals surface area (Å²) >= 11 is 0. The summed E-state index contributed by atoms with van der Waals surface area (Å²) < 4.78 is 13.9. The van der Waals surface area contributed by atoms with E-state index in [2.05, 4.69) is 10.3 Å². The van der Waals surface area contributed by atoms with Crippen molar-refractivity contribution >= 4 is 23.4 Å². The number of hydrogen-bond donors (Lipinski definition) is 1. The third-order valence-corrected chi connectivity index (χ3v) is 5.89. The molecule has 0 spiro atoms. The molecule has 1 aromatic heterocycles. The highest BCUT2D eigenvalue weighted by molar-refractivity contribution is 6.04. The molecule has 1 saturated heterocycles. The van der Waals surface area contributed by atoms with Crippen LogP contribution in [-0.2, 0) is 16.0 Å². The molecule has 162 valence electrons. The minimum absolute atomic E-state index is 0.0388. The first-order valence-electron chi connectivity index (χ1n) is 10.5. The minimum atomic E-state index is -0.537. The first-order chi connectivity index (χ1) is 14.9. The third-order valence-electron chi connectivity index (χ3n) is 5.89. The number of benzene rings is 1. The molecule has 2 aliphatic rings. The number of carbonyl (C=O) groups excluding carboxylic acids is 3. The van der Waals surface area contributed by atoms with Gasteiger partial charge in [0.25, 0.3) is 5.91 Å². The van der Waals surface area contributed by atoms with Crippen LogP contribution in [0.15, 0.2) is 42.6 Å². The zero-order valence-corrected chi connectivity index (χ0v) is 17.4. The quantitative estimate of drug-likeness (QED) is 0.799. The molecular weight excluding hydrogens is 399 g/mol. The van der Waals surface area contributed by atoms with Crippen molar-refractivity contribution in [2.45, 2.75) is 19.8 Å². The van der Waals surface area contributed by atoms with Gasteiger partial charge in [-0.1, -0.05) is 13.0 Å². The number of piperazine rings is 1. The Labute approximate surface area is 180 Å². The summed E-state index contributed by atoms with van der Waals surface area (Å²) in [5.41, 5.74) is 1.16. The molecule has 3 amide bonds. The Bertz CT molecular complexity index is 990. The predicted molar refractivity (Wildman–Crippen MR) is 113 cm³/mol. The first-order valence-corrected chi connectivity index (χ1v) is 10.5.